The summed E-state index contributed by atoms with van der Waals surface area (Å²) in [4.78, 5) is 8.83. The monoisotopic (exact) mass is 391 g/mol. The molecule has 1 aliphatic heterocycles. The second-order valence-corrected chi connectivity index (χ2v) is 6.87. The Bertz CT molecular complexity index is 966. The van der Waals surface area contributed by atoms with Crippen LogP contribution < -0.4 is 10.6 Å². The third-order valence-electron chi connectivity index (χ3n) is 4.81. The van der Waals surface area contributed by atoms with Gasteiger partial charge in [-0.05, 0) is 37.6 Å². The lowest BCUT2D eigenvalue weighted by Gasteiger charge is -2.24. The van der Waals surface area contributed by atoms with E-state index < -0.39 is 12.3 Å². The van der Waals surface area contributed by atoms with Crippen molar-refractivity contribution in [2.75, 3.05) is 18.4 Å². The minimum Gasteiger partial charge on any atom is -0.379 e. The molecule has 4 heterocycles. The maximum absolute atomic E-state index is 12.9. The Balaban J connectivity index is 1.66. The van der Waals surface area contributed by atoms with E-state index in [0.29, 0.717) is 22.9 Å². The summed E-state index contributed by atoms with van der Waals surface area (Å²) in [6, 6.07) is 8.44. The van der Waals surface area contributed by atoms with Gasteiger partial charge in [0.25, 0.3) is 0 Å². The number of nitrogens with one attached hydrogen (secondary N) is 2. The van der Waals surface area contributed by atoms with E-state index in [1.165, 1.54) is 22.7 Å². The third kappa shape index (κ3) is 3.81. The number of halogens is 3. The number of fused-ring (bicyclic) bond motifs is 1. The molecular weight excluding hydrogens is 371 g/mol. The summed E-state index contributed by atoms with van der Waals surface area (Å²) in [6.45, 7) is 1.87. The molecule has 3 aromatic rings. The van der Waals surface area contributed by atoms with Crippen LogP contribution in [0.3, 0.4) is 0 Å². The first-order chi connectivity index (χ1) is 13.4. The molecule has 1 fully saturated rings. The van der Waals surface area contributed by atoms with Crippen LogP contribution in [0.2, 0.25) is 0 Å². The number of anilines is 1. The molecule has 3 aromatic heterocycles. The Kier molecular flexibility index (Phi) is 4.94. The number of imidazole rings is 1. The number of alkyl halides is 3. The average molecular weight is 391 g/mol. The molecule has 0 saturated carbocycles. The van der Waals surface area contributed by atoms with Gasteiger partial charge in [-0.3, -0.25) is 4.40 Å². The SMILES string of the molecule is OC(c1ccc2ncc(-c3cccc(NC4CCCNC4)n3)n2c1)C(F)(F)F. The molecule has 3 N–H and O–H groups in total. The zero-order chi connectivity index (χ0) is 19.7. The molecule has 0 spiro atoms. The number of aromatic nitrogens is 3. The van der Waals surface area contributed by atoms with Crippen LogP contribution in [0.1, 0.15) is 24.5 Å². The average Bonchev–Trinajstić information content (AvgIpc) is 3.11. The summed E-state index contributed by atoms with van der Waals surface area (Å²) in [7, 11) is 0. The van der Waals surface area contributed by atoms with E-state index >= 15 is 0 Å². The van der Waals surface area contributed by atoms with Crippen molar-refractivity contribution in [1.82, 2.24) is 19.7 Å². The molecule has 4 rings (SSSR count). The van der Waals surface area contributed by atoms with Crippen molar-refractivity contribution in [3.05, 3.63) is 48.3 Å². The fourth-order valence-electron chi connectivity index (χ4n) is 3.38. The zero-order valence-corrected chi connectivity index (χ0v) is 14.9. The first kappa shape index (κ1) is 18.7. The molecule has 1 saturated heterocycles. The van der Waals surface area contributed by atoms with E-state index in [-0.39, 0.29) is 11.6 Å². The molecule has 0 bridgehead atoms. The second-order valence-electron chi connectivity index (χ2n) is 6.87. The smallest absolute Gasteiger partial charge is 0.379 e. The maximum Gasteiger partial charge on any atom is 0.418 e. The first-order valence-electron chi connectivity index (χ1n) is 9.08. The van der Waals surface area contributed by atoms with Crippen LogP contribution in [0, 0.1) is 0 Å². The number of rotatable bonds is 4. The Morgan fingerprint density at radius 3 is 2.86 bits per heavy atom. The largest absolute Gasteiger partial charge is 0.418 e. The summed E-state index contributed by atoms with van der Waals surface area (Å²) < 4.78 is 40.1. The second kappa shape index (κ2) is 7.40. The van der Waals surface area contributed by atoms with Gasteiger partial charge in [0, 0.05) is 24.3 Å². The summed E-state index contributed by atoms with van der Waals surface area (Å²) in [5.41, 5.74) is 1.36. The van der Waals surface area contributed by atoms with E-state index in [2.05, 4.69) is 20.6 Å². The van der Waals surface area contributed by atoms with Crippen molar-refractivity contribution in [3.63, 3.8) is 0 Å². The maximum atomic E-state index is 12.9. The van der Waals surface area contributed by atoms with Crippen molar-refractivity contribution >= 4 is 11.5 Å². The van der Waals surface area contributed by atoms with Crippen molar-refractivity contribution in [2.24, 2.45) is 0 Å². The van der Waals surface area contributed by atoms with Gasteiger partial charge in [-0.25, -0.2) is 9.97 Å². The van der Waals surface area contributed by atoms with Gasteiger partial charge in [0.2, 0.25) is 0 Å². The van der Waals surface area contributed by atoms with E-state index in [0.717, 1.165) is 25.9 Å². The molecule has 6 nitrogen and oxygen atoms in total. The highest BCUT2D eigenvalue weighted by Gasteiger charge is 2.39. The fraction of sp³-hybridized carbons (Fsp3) is 0.368. The zero-order valence-electron chi connectivity index (χ0n) is 14.9. The van der Waals surface area contributed by atoms with Gasteiger partial charge in [-0.15, -0.1) is 0 Å². The highest BCUT2D eigenvalue weighted by atomic mass is 19.4. The van der Waals surface area contributed by atoms with Crippen molar-refractivity contribution in [2.45, 2.75) is 31.2 Å². The summed E-state index contributed by atoms with van der Waals surface area (Å²) in [6.07, 6.45) is -2.32. The van der Waals surface area contributed by atoms with Gasteiger partial charge in [0.15, 0.2) is 6.10 Å². The molecule has 28 heavy (non-hydrogen) atoms. The minimum absolute atomic E-state index is 0.248. The molecule has 0 radical (unpaired) electrons. The van der Waals surface area contributed by atoms with Crippen molar-refractivity contribution in [1.29, 1.82) is 0 Å². The third-order valence-corrected chi connectivity index (χ3v) is 4.81. The normalized spacial score (nSPS) is 18.9. The number of aliphatic hydroxyl groups excluding tert-OH is 1. The van der Waals surface area contributed by atoms with Crippen LogP contribution in [0.15, 0.2) is 42.7 Å². The molecule has 9 heteroatoms. The van der Waals surface area contributed by atoms with E-state index in [1.807, 2.05) is 12.1 Å². The first-order valence-corrected chi connectivity index (χ1v) is 9.08. The van der Waals surface area contributed by atoms with E-state index in [1.54, 1.807) is 12.3 Å². The fourth-order valence-corrected chi connectivity index (χ4v) is 3.38. The quantitative estimate of drug-likeness (QED) is 0.637. The van der Waals surface area contributed by atoms with E-state index in [4.69, 9.17) is 0 Å². The number of pyridine rings is 2. The van der Waals surface area contributed by atoms with Crippen LogP contribution in [-0.2, 0) is 0 Å². The van der Waals surface area contributed by atoms with Gasteiger partial charge < -0.3 is 15.7 Å². The Morgan fingerprint density at radius 2 is 2.11 bits per heavy atom. The van der Waals surface area contributed by atoms with Crippen LogP contribution in [0.25, 0.3) is 17.0 Å². The molecule has 2 atom stereocenters. The number of hydrogen-bond acceptors (Lipinski definition) is 5. The standard InChI is InChI=1S/C19H20F3N5O/c20-19(21,22)18(28)12-6-7-17-24-10-15(27(17)11-12)14-4-1-5-16(26-14)25-13-3-2-8-23-9-13/h1,4-7,10-11,13,18,23,28H,2-3,8-9H2,(H,25,26). The topological polar surface area (TPSA) is 74.5 Å². The van der Waals surface area contributed by atoms with E-state index in [9.17, 15) is 18.3 Å². The summed E-state index contributed by atoms with van der Waals surface area (Å²) >= 11 is 0. The summed E-state index contributed by atoms with van der Waals surface area (Å²) in [5.74, 6) is 0.702. The minimum atomic E-state index is -4.73. The number of hydrogen-bond donors (Lipinski definition) is 3. The van der Waals surface area contributed by atoms with Crippen molar-refractivity contribution < 1.29 is 18.3 Å². The highest BCUT2D eigenvalue weighted by molar-refractivity contribution is 5.62. The number of piperidine rings is 1. The molecule has 1 aliphatic rings. The van der Waals surface area contributed by atoms with Crippen LogP contribution in [0.5, 0.6) is 0 Å². The van der Waals surface area contributed by atoms with Gasteiger partial charge in [0.05, 0.1) is 17.6 Å². The Hall–Kier alpha value is -2.65. The molecule has 2 unspecified atom stereocenters. The Labute approximate surface area is 159 Å². The van der Waals surface area contributed by atoms with Gasteiger partial charge in [-0.2, -0.15) is 13.2 Å². The molecule has 0 aliphatic carbocycles. The predicted octanol–water partition coefficient (Wildman–Crippen LogP) is 3.16. The number of aliphatic hydroxyl groups is 1. The molecule has 0 amide bonds. The lowest BCUT2D eigenvalue weighted by molar-refractivity contribution is -0.206. The van der Waals surface area contributed by atoms with Gasteiger partial charge >= 0.3 is 6.18 Å². The predicted molar refractivity (Wildman–Crippen MR) is 99.0 cm³/mol. The molecule has 148 valence electrons. The molecular formula is C19H20F3N5O. The van der Waals surface area contributed by atoms with Crippen molar-refractivity contribution in [3.8, 4) is 11.4 Å². The lowest BCUT2D eigenvalue weighted by atomic mass is 10.1. The Morgan fingerprint density at radius 1 is 1.25 bits per heavy atom. The van der Waals surface area contributed by atoms with Crippen LogP contribution in [0.4, 0.5) is 19.0 Å². The summed E-state index contributed by atoms with van der Waals surface area (Å²) in [5, 5.41) is 16.3. The highest BCUT2D eigenvalue weighted by Crippen LogP contribution is 2.33. The van der Waals surface area contributed by atoms with Crippen LogP contribution >= 0.6 is 0 Å². The molecule has 0 aromatic carbocycles. The van der Waals surface area contributed by atoms with Gasteiger partial charge in [0.1, 0.15) is 11.5 Å². The number of nitrogens with zero attached hydrogens (tertiary/aromatic N) is 3. The lowest BCUT2D eigenvalue weighted by Crippen LogP contribution is -2.38. The van der Waals surface area contributed by atoms with Crippen LogP contribution in [-0.4, -0.2) is 44.8 Å². The van der Waals surface area contributed by atoms with Gasteiger partial charge in [-0.1, -0.05) is 12.1 Å².